The topological polar surface area (TPSA) is 111 Å². The highest BCUT2D eigenvalue weighted by atomic mass is 35.5. The highest BCUT2D eigenvalue weighted by Gasteiger charge is 2.23. The molecule has 0 fully saturated rings. The number of hydrogen-bond acceptors (Lipinski definition) is 8. The molecule has 0 aliphatic carbocycles. The largest absolute Gasteiger partial charge is 0.476 e. The van der Waals surface area contributed by atoms with Crippen LogP contribution in [0.4, 0.5) is 5.82 Å². The highest BCUT2D eigenvalue weighted by Crippen LogP contribution is 2.30. The molecule has 0 radical (unpaired) electrons. The van der Waals surface area contributed by atoms with Gasteiger partial charge in [0, 0.05) is 32.9 Å². The molecule has 1 N–H and O–H groups in total. The Morgan fingerprint density at radius 2 is 1.57 bits per heavy atom. The zero-order chi connectivity index (χ0) is 25.2. The quantitative estimate of drug-likeness (QED) is 0.370. The van der Waals surface area contributed by atoms with E-state index < -0.39 is 11.9 Å². The van der Waals surface area contributed by atoms with Gasteiger partial charge in [0.2, 0.25) is 0 Å². The Labute approximate surface area is 208 Å². The third-order valence-electron chi connectivity index (χ3n) is 5.07. The van der Waals surface area contributed by atoms with Crippen molar-refractivity contribution in [2.24, 2.45) is 0 Å². The maximum atomic E-state index is 12.5. The minimum absolute atomic E-state index is 0.164. The number of carbonyl (C=O) groups is 2. The molecule has 1 aromatic heterocycles. The number of aromatic nitrogens is 2. The summed E-state index contributed by atoms with van der Waals surface area (Å²) in [4.78, 5) is 34.6. The molecule has 0 unspecified atom stereocenters. The van der Waals surface area contributed by atoms with Crippen molar-refractivity contribution < 1.29 is 28.9 Å². The van der Waals surface area contributed by atoms with E-state index in [0.717, 1.165) is 5.56 Å². The maximum Gasteiger partial charge on any atom is 0.357 e. The van der Waals surface area contributed by atoms with Gasteiger partial charge in [0.05, 0.1) is 18.8 Å². The number of carbonyl (C=O) groups excluding carboxylic acids is 1. The second kappa shape index (κ2) is 12.8. The molecular weight excluding hydrogens is 474 g/mol. The lowest BCUT2D eigenvalue weighted by atomic mass is 10.1. The van der Waals surface area contributed by atoms with E-state index >= 15 is 0 Å². The molecule has 1 heterocycles. The zero-order valence-corrected chi connectivity index (χ0v) is 20.2. The average Bonchev–Trinajstić information content (AvgIpc) is 2.88. The number of anilines is 1. The smallest absolute Gasteiger partial charge is 0.357 e. The van der Waals surface area contributed by atoms with Crippen molar-refractivity contribution in [2.75, 3.05) is 45.4 Å². The van der Waals surface area contributed by atoms with E-state index in [0.29, 0.717) is 48.9 Å². The first-order valence-electron chi connectivity index (χ1n) is 10.8. The molecule has 2 aromatic carbocycles. The molecule has 35 heavy (non-hydrogen) atoms. The number of nitrogens with zero attached hydrogens (tertiary/aromatic N) is 3. The number of esters is 1. The fraction of sp³-hybridized carbons (Fsp3) is 0.280. The number of halogens is 1. The molecule has 0 saturated heterocycles. The van der Waals surface area contributed by atoms with Gasteiger partial charge in [0.1, 0.15) is 12.3 Å². The standard InChI is InChI=1S/C25H26ClN3O6/c1-33-14-12-29(13-15-34-2)23-20(27-22(26)21(28-23)24(30)31)18-8-10-19(11-9-18)25(32)35-16-17-6-4-3-5-7-17/h3-11H,12-16H2,1-2H3,(H,30,31). The molecule has 3 rings (SSSR count). The molecule has 0 atom stereocenters. The Hall–Kier alpha value is -3.53. The van der Waals surface area contributed by atoms with Gasteiger partial charge in [-0.3, -0.25) is 0 Å². The first-order valence-corrected chi connectivity index (χ1v) is 11.2. The van der Waals surface area contributed by atoms with Gasteiger partial charge < -0.3 is 24.2 Å². The normalized spacial score (nSPS) is 10.7. The fourth-order valence-electron chi connectivity index (χ4n) is 3.25. The van der Waals surface area contributed by atoms with Crippen LogP contribution in [0.3, 0.4) is 0 Å². The molecule has 184 valence electrons. The van der Waals surface area contributed by atoms with E-state index in [1.165, 1.54) is 0 Å². The molecule has 0 spiro atoms. The van der Waals surface area contributed by atoms with Crippen LogP contribution in [0, 0.1) is 0 Å². The first-order chi connectivity index (χ1) is 16.9. The van der Waals surface area contributed by atoms with Crippen LogP contribution in [0.5, 0.6) is 0 Å². The molecule has 0 aliphatic heterocycles. The van der Waals surface area contributed by atoms with Crippen LogP contribution >= 0.6 is 11.6 Å². The summed E-state index contributed by atoms with van der Waals surface area (Å²) < 4.78 is 15.8. The third-order valence-corrected chi connectivity index (χ3v) is 5.34. The van der Waals surface area contributed by atoms with Crippen molar-refractivity contribution in [2.45, 2.75) is 6.61 Å². The summed E-state index contributed by atoms with van der Waals surface area (Å²) in [5.41, 5.74) is 1.87. The number of carboxylic acids is 1. The summed E-state index contributed by atoms with van der Waals surface area (Å²) in [6, 6.07) is 16.0. The Kier molecular flexibility index (Phi) is 9.54. The van der Waals surface area contributed by atoms with E-state index in [-0.39, 0.29) is 17.5 Å². The molecular formula is C25H26ClN3O6. The predicted octanol–water partition coefficient (Wildman–Crippen LogP) is 3.95. The number of ether oxygens (including phenoxy) is 3. The number of benzene rings is 2. The average molecular weight is 500 g/mol. The molecule has 3 aromatic rings. The van der Waals surface area contributed by atoms with Gasteiger partial charge in [-0.2, -0.15) is 0 Å². The summed E-state index contributed by atoms with van der Waals surface area (Å²) in [6.07, 6.45) is 0. The predicted molar refractivity (Wildman–Crippen MR) is 131 cm³/mol. The number of carboxylic acid groups (broad SMARTS) is 1. The lowest BCUT2D eigenvalue weighted by Gasteiger charge is -2.25. The Bertz CT molecular complexity index is 1130. The van der Waals surface area contributed by atoms with Crippen LogP contribution in [0.2, 0.25) is 5.15 Å². The second-order valence-corrected chi connectivity index (χ2v) is 7.81. The van der Waals surface area contributed by atoms with Gasteiger partial charge in [-0.1, -0.05) is 54.1 Å². The van der Waals surface area contributed by atoms with Gasteiger partial charge in [-0.25, -0.2) is 19.6 Å². The SMILES string of the molecule is COCCN(CCOC)c1nc(C(=O)O)c(Cl)nc1-c1ccc(C(=O)OCc2ccccc2)cc1. The summed E-state index contributed by atoms with van der Waals surface area (Å²) in [5.74, 6) is -1.43. The van der Waals surface area contributed by atoms with E-state index in [1.807, 2.05) is 35.2 Å². The summed E-state index contributed by atoms with van der Waals surface area (Å²) in [5, 5.41) is 9.27. The number of hydrogen-bond donors (Lipinski definition) is 1. The highest BCUT2D eigenvalue weighted by molar-refractivity contribution is 6.32. The van der Waals surface area contributed by atoms with E-state index in [2.05, 4.69) is 9.97 Å². The van der Waals surface area contributed by atoms with Gasteiger partial charge >= 0.3 is 11.9 Å². The summed E-state index contributed by atoms with van der Waals surface area (Å²) in [6.45, 7) is 1.76. The number of methoxy groups -OCH3 is 2. The third kappa shape index (κ3) is 6.98. The number of aromatic carboxylic acids is 1. The van der Waals surface area contributed by atoms with E-state index in [9.17, 15) is 14.7 Å². The van der Waals surface area contributed by atoms with Crippen LogP contribution < -0.4 is 4.90 Å². The maximum absolute atomic E-state index is 12.5. The van der Waals surface area contributed by atoms with Crippen molar-refractivity contribution in [1.82, 2.24) is 9.97 Å². The van der Waals surface area contributed by atoms with Crippen LogP contribution in [0.1, 0.15) is 26.4 Å². The lowest BCUT2D eigenvalue weighted by molar-refractivity contribution is 0.0472. The van der Waals surface area contributed by atoms with Gasteiger partial charge in [0.25, 0.3) is 0 Å². The molecule has 9 nitrogen and oxygen atoms in total. The Morgan fingerprint density at radius 1 is 0.943 bits per heavy atom. The molecule has 0 aliphatic rings. The second-order valence-electron chi connectivity index (χ2n) is 7.45. The Morgan fingerprint density at radius 3 is 2.14 bits per heavy atom. The molecule has 0 bridgehead atoms. The lowest BCUT2D eigenvalue weighted by Crippen LogP contribution is -2.32. The zero-order valence-electron chi connectivity index (χ0n) is 19.4. The van der Waals surface area contributed by atoms with Crippen LogP contribution in [0.15, 0.2) is 54.6 Å². The van der Waals surface area contributed by atoms with Crippen LogP contribution in [-0.4, -0.2) is 67.5 Å². The van der Waals surface area contributed by atoms with Gasteiger partial charge in [-0.15, -0.1) is 0 Å². The van der Waals surface area contributed by atoms with Gasteiger partial charge in [0.15, 0.2) is 16.7 Å². The number of rotatable bonds is 12. The van der Waals surface area contributed by atoms with Crippen molar-refractivity contribution >= 4 is 29.4 Å². The van der Waals surface area contributed by atoms with Crippen molar-refractivity contribution in [1.29, 1.82) is 0 Å². The molecule has 10 heteroatoms. The Balaban J connectivity index is 1.91. The minimum atomic E-state index is -1.29. The summed E-state index contributed by atoms with van der Waals surface area (Å²) >= 11 is 6.14. The fourth-order valence-corrected chi connectivity index (χ4v) is 3.46. The minimum Gasteiger partial charge on any atom is -0.476 e. The van der Waals surface area contributed by atoms with E-state index in [1.54, 1.807) is 38.5 Å². The van der Waals surface area contributed by atoms with Gasteiger partial charge in [-0.05, 0) is 17.7 Å². The van der Waals surface area contributed by atoms with Crippen LogP contribution in [-0.2, 0) is 20.8 Å². The van der Waals surface area contributed by atoms with Crippen LogP contribution in [0.25, 0.3) is 11.3 Å². The van der Waals surface area contributed by atoms with Crippen molar-refractivity contribution in [3.8, 4) is 11.3 Å². The monoisotopic (exact) mass is 499 g/mol. The molecule has 0 amide bonds. The first kappa shape index (κ1) is 26.1. The molecule has 0 saturated carbocycles. The summed E-state index contributed by atoms with van der Waals surface area (Å²) in [7, 11) is 3.14. The van der Waals surface area contributed by atoms with Crippen molar-refractivity contribution in [3.63, 3.8) is 0 Å². The van der Waals surface area contributed by atoms with E-state index in [4.69, 9.17) is 25.8 Å². The van der Waals surface area contributed by atoms with Crippen molar-refractivity contribution in [3.05, 3.63) is 76.6 Å².